The average molecular weight is 291 g/mol. The fourth-order valence-electron chi connectivity index (χ4n) is 2.30. The molecule has 3 nitrogen and oxygen atoms in total. The zero-order valence-corrected chi connectivity index (χ0v) is 12.3. The maximum Gasteiger partial charge on any atom is 0.104 e. The van der Waals surface area contributed by atoms with Gasteiger partial charge in [-0.3, -0.25) is 4.99 Å². The van der Waals surface area contributed by atoms with Gasteiger partial charge in [-0.15, -0.1) is 0 Å². The Morgan fingerprint density at radius 1 is 1.19 bits per heavy atom. The fourth-order valence-corrected chi connectivity index (χ4v) is 2.47. The monoisotopic (exact) mass is 291 g/mol. The van der Waals surface area contributed by atoms with Crippen molar-refractivity contribution in [1.29, 1.82) is 5.26 Å². The number of hydrogen-bond donors (Lipinski definition) is 1. The van der Waals surface area contributed by atoms with Gasteiger partial charge in [0, 0.05) is 16.8 Å². The molecule has 2 aromatic rings. The second-order valence-electron chi connectivity index (χ2n) is 4.88. The van der Waals surface area contributed by atoms with E-state index in [0.717, 1.165) is 22.5 Å². The first kappa shape index (κ1) is 13.5. The van der Waals surface area contributed by atoms with E-state index in [4.69, 9.17) is 22.5 Å². The van der Waals surface area contributed by atoms with Crippen molar-refractivity contribution in [1.82, 2.24) is 0 Å². The van der Waals surface area contributed by atoms with E-state index in [1.807, 2.05) is 49.4 Å². The summed E-state index contributed by atoms with van der Waals surface area (Å²) in [5.74, 6) is 0. The molecule has 4 heteroatoms. The van der Waals surface area contributed by atoms with Crippen molar-refractivity contribution in [2.75, 3.05) is 5.32 Å². The molecule has 0 radical (unpaired) electrons. The Balaban J connectivity index is 2.24. The zero-order chi connectivity index (χ0) is 14.8. The van der Waals surface area contributed by atoms with Crippen LogP contribution < -0.4 is 5.32 Å². The highest BCUT2D eigenvalue weighted by Crippen LogP contribution is 2.25. The standard InChI is InChI=1S/C17H13N3S/c1-11-17(21)20-15-8-7-12(10-18)9-14(15)16(19-11)13-5-3-2-4-6-13/h2-9,11H,1H3,(H,20,21). The molecule has 0 aliphatic carbocycles. The second kappa shape index (κ2) is 5.47. The molecular formula is C17H13N3S. The Bertz CT molecular complexity index is 772. The Kier molecular flexibility index (Phi) is 3.51. The summed E-state index contributed by atoms with van der Waals surface area (Å²) in [6.45, 7) is 1.97. The first-order valence-corrected chi connectivity index (χ1v) is 7.08. The number of anilines is 1. The summed E-state index contributed by atoms with van der Waals surface area (Å²) >= 11 is 5.37. The molecule has 102 valence electrons. The van der Waals surface area contributed by atoms with Crippen LogP contribution in [0.1, 0.15) is 23.6 Å². The van der Waals surface area contributed by atoms with Gasteiger partial charge in [-0.25, -0.2) is 0 Å². The van der Waals surface area contributed by atoms with E-state index < -0.39 is 0 Å². The van der Waals surface area contributed by atoms with Crippen LogP contribution >= 0.6 is 12.2 Å². The molecule has 0 bridgehead atoms. The van der Waals surface area contributed by atoms with E-state index in [2.05, 4.69) is 11.4 Å². The Hall–Kier alpha value is -2.51. The van der Waals surface area contributed by atoms with E-state index in [0.29, 0.717) is 10.6 Å². The van der Waals surface area contributed by atoms with Crippen LogP contribution in [0, 0.1) is 11.3 Å². The molecule has 1 aliphatic rings. The number of benzene rings is 2. The summed E-state index contributed by atoms with van der Waals surface area (Å²) in [6.07, 6.45) is 0. The minimum absolute atomic E-state index is 0.104. The number of benzodiazepines with no additional fused rings is 1. The van der Waals surface area contributed by atoms with Crippen molar-refractivity contribution in [3.05, 3.63) is 65.2 Å². The second-order valence-corrected chi connectivity index (χ2v) is 5.32. The summed E-state index contributed by atoms with van der Waals surface area (Å²) in [7, 11) is 0. The first-order chi connectivity index (χ1) is 10.2. The van der Waals surface area contributed by atoms with Gasteiger partial charge in [0.05, 0.1) is 23.4 Å². The van der Waals surface area contributed by atoms with E-state index in [-0.39, 0.29) is 6.04 Å². The lowest BCUT2D eigenvalue weighted by atomic mass is 9.99. The van der Waals surface area contributed by atoms with Gasteiger partial charge in [-0.2, -0.15) is 5.26 Å². The number of hydrogen-bond acceptors (Lipinski definition) is 3. The number of nitriles is 1. The minimum atomic E-state index is -0.104. The molecule has 2 aromatic carbocycles. The van der Waals surface area contributed by atoms with Crippen molar-refractivity contribution in [2.24, 2.45) is 4.99 Å². The molecule has 0 spiro atoms. The van der Waals surface area contributed by atoms with Crippen molar-refractivity contribution in [3.8, 4) is 6.07 Å². The summed E-state index contributed by atoms with van der Waals surface area (Å²) in [5, 5.41) is 12.4. The number of nitrogens with one attached hydrogen (secondary N) is 1. The highest BCUT2D eigenvalue weighted by atomic mass is 32.1. The predicted octanol–water partition coefficient (Wildman–Crippen LogP) is 3.54. The molecule has 1 unspecified atom stereocenters. The number of rotatable bonds is 1. The number of aliphatic imine (C=N–C) groups is 1. The maximum atomic E-state index is 9.13. The normalized spacial score (nSPS) is 17.0. The Morgan fingerprint density at radius 3 is 2.67 bits per heavy atom. The molecule has 0 fully saturated rings. The molecule has 1 heterocycles. The molecule has 0 saturated heterocycles. The molecule has 0 aromatic heterocycles. The zero-order valence-electron chi connectivity index (χ0n) is 11.5. The third-order valence-electron chi connectivity index (χ3n) is 3.41. The van der Waals surface area contributed by atoms with E-state index >= 15 is 0 Å². The fraction of sp³-hybridized carbons (Fsp3) is 0.118. The van der Waals surface area contributed by atoms with Crippen LogP contribution in [0.15, 0.2) is 53.5 Å². The maximum absolute atomic E-state index is 9.13. The number of fused-ring (bicyclic) bond motifs is 1. The van der Waals surface area contributed by atoms with Gasteiger partial charge < -0.3 is 5.32 Å². The Labute approximate surface area is 129 Å². The van der Waals surface area contributed by atoms with E-state index in [1.165, 1.54) is 0 Å². The van der Waals surface area contributed by atoms with Crippen molar-refractivity contribution >= 4 is 28.6 Å². The Morgan fingerprint density at radius 2 is 1.95 bits per heavy atom. The topological polar surface area (TPSA) is 48.2 Å². The molecule has 1 atom stereocenters. The van der Waals surface area contributed by atoms with Gasteiger partial charge in [-0.1, -0.05) is 42.5 Å². The van der Waals surface area contributed by atoms with E-state index in [9.17, 15) is 0 Å². The molecule has 0 saturated carbocycles. The summed E-state index contributed by atoms with van der Waals surface area (Å²) in [6, 6.07) is 17.6. The smallest absolute Gasteiger partial charge is 0.104 e. The van der Waals surface area contributed by atoms with Gasteiger partial charge in [-0.05, 0) is 25.1 Å². The summed E-state index contributed by atoms with van der Waals surface area (Å²) in [4.78, 5) is 5.43. The highest BCUT2D eigenvalue weighted by Gasteiger charge is 2.20. The quantitative estimate of drug-likeness (QED) is 0.818. The lowest BCUT2D eigenvalue weighted by molar-refractivity contribution is 0.991. The summed E-state index contributed by atoms with van der Waals surface area (Å²) < 4.78 is 0. The van der Waals surface area contributed by atoms with E-state index in [1.54, 1.807) is 6.07 Å². The van der Waals surface area contributed by atoms with Crippen LogP contribution in [0.3, 0.4) is 0 Å². The van der Waals surface area contributed by atoms with Crippen molar-refractivity contribution in [3.63, 3.8) is 0 Å². The average Bonchev–Trinajstić information content (AvgIpc) is 2.65. The van der Waals surface area contributed by atoms with Crippen LogP contribution in [0.5, 0.6) is 0 Å². The highest BCUT2D eigenvalue weighted by molar-refractivity contribution is 7.80. The van der Waals surface area contributed by atoms with Crippen LogP contribution in [0.25, 0.3) is 0 Å². The van der Waals surface area contributed by atoms with Gasteiger partial charge in [0.2, 0.25) is 0 Å². The van der Waals surface area contributed by atoms with Crippen molar-refractivity contribution in [2.45, 2.75) is 13.0 Å². The van der Waals surface area contributed by atoms with Gasteiger partial charge in [0.15, 0.2) is 0 Å². The lowest BCUT2D eigenvalue weighted by Crippen LogP contribution is -2.20. The predicted molar refractivity (Wildman–Crippen MR) is 88.9 cm³/mol. The van der Waals surface area contributed by atoms with Crippen LogP contribution in [-0.4, -0.2) is 16.7 Å². The van der Waals surface area contributed by atoms with Crippen LogP contribution in [0.2, 0.25) is 0 Å². The van der Waals surface area contributed by atoms with Crippen molar-refractivity contribution < 1.29 is 0 Å². The third-order valence-corrected chi connectivity index (χ3v) is 3.85. The van der Waals surface area contributed by atoms with Crippen LogP contribution in [-0.2, 0) is 0 Å². The summed E-state index contributed by atoms with van der Waals surface area (Å²) in [5.41, 5.74) is 4.30. The number of nitrogens with zero attached hydrogens (tertiary/aromatic N) is 2. The van der Waals surface area contributed by atoms with Crippen LogP contribution in [0.4, 0.5) is 5.69 Å². The minimum Gasteiger partial charge on any atom is -0.348 e. The largest absolute Gasteiger partial charge is 0.348 e. The molecule has 21 heavy (non-hydrogen) atoms. The van der Waals surface area contributed by atoms with Gasteiger partial charge in [0.1, 0.15) is 4.99 Å². The van der Waals surface area contributed by atoms with Gasteiger partial charge in [0.25, 0.3) is 0 Å². The SMILES string of the molecule is CC1N=C(c2ccccc2)c2cc(C#N)ccc2NC1=S. The molecular weight excluding hydrogens is 278 g/mol. The third kappa shape index (κ3) is 2.56. The molecule has 1 aliphatic heterocycles. The number of thiocarbonyl (C=S) groups is 1. The molecule has 0 amide bonds. The first-order valence-electron chi connectivity index (χ1n) is 6.67. The molecule has 3 rings (SSSR count). The lowest BCUT2D eigenvalue weighted by Gasteiger charge is -2.10. The molecule has 1 N–H and O–H groups in total. The van der Waals surface area contributed by atoms with Gasteiger partial charge >= 0.3 is 0 Å².